The molecule has 0 fully saturated rings. The van der Waals surface area contributed by atoms with E-state index in [1.807, 2.05) is 6.07 Å². The van der Waals surface area contributed by atoms with Crippen molar-refractivity contribution in [1.82, 2.24) is 9.97 Å². The monoisotopic (exact) mass is 225 g/mol. The van der Waals surface area contributed by atoms with Crippen LogP contribution in [0.25, 0.3) is 21.8 Å². The summed E-state index contributed by atoms with van der Waals surface area (Å²) in [6, 6.07) is 8.26. The molecule has 3 aromatic rings. The molecule has 3 heteroatoms. The van der Waals surface area contributed by atoms with Crippen LogP contribution >= 0.6 is 0 Å². The standard InChI is InChI=1S/C14H15N3/c1-3-11-14-10(7-12(15)16-11)9-6-4-5-8(2)13(9)17-14/h4-7,17H,3H2,1-2H3,(H2,15,16). The molecule has 0 saturated carbocycles. The van der Waals surface area contributed by atoms with Crippen LogP contribution in [-0.4, -0.2) is 9.97 Å². The summed E-state index contributed by atoms with van der Waals surface area (Å²) in [7, 11) is 0. The van der Waals surface area contributed by atoms with Crippen molar-refractivity contribution >= 4 is 27.6 Å². The summed E-state index contributed by atoms with van der Waals surface area (Å²) in [5.74, 6) is 0.594. The normalized spacial score (nSPS) is 11.4. The third-order valence-corrected chi connectivity index (χ3v) is 3.26. The molecule has 0 atom stereocenters. The Morgan fingerprint density at radius 1 is 1.24 bits per heavy atom. The second-order valence-electron chi connectivity index (χ2n) is 4.39. The van der Waals surface area contributed by atoms with Crippen LogP contribution in [0.2, 0.25) is 0 Å². The van der Waals surface area contributed by atoms with Crippen LogP contribution in [0.15, 0.2) is 24.3 Å². The number of nitrogen functional groups attached to an aromatic ring is 1. The van der Waals surface area contributed by atoms with Crippen molar-refractivity contribution in [2.45, 2.75) is 20.3 Å². The predicted octanol–water partition coefficient (Wildman–Crippen LogP) is 3.17. The summed E-state index contributed by atoms with van der Waals surface area (Å²) in [4.78, 5) is 7.87. The molecule has 0 unspecified atom stereocenters. The first-order chi connectivity index (χ1) is 8.20. The van der Waals surface area contributed by atoms with Crippen molar-refractivity contribution in [1.29, 1.82) is 0 Å². The number of hydrogen-bond donors (Lipinski definition) is 2. The van der Waals surface area contributed by atoms with E-state index in [2.05, 4.69) is 42.0 Å². The number of fused-ring (bicyclic) bond motifs is 3. The Kier molecular flexibility index (Phi) is 2.08. The number of pyridine rings is 1. The number of aromatic amines is 1. The Bertz CT molecular complexity index is 710. The van der Waals surface area contributed by atoms with Crippen LogP contribution in [-0.2, 0) is 6.42 Å². The number of benzene rings is 1. The number of nitrogens with zero attached hydrogens (tertiary/aromatic N) is 1. The number of nitrogens with two attached hydrogens (primary N) is 1. The Morgan fingerprint density at radius 2 is 2.06 bits per heavy atom. The van der Waals surface area contributed by atoms with E-state index in [-0.39, 0.29) is 0 Å². The van der Waals surface area contributed by atoms with Crippen molar-refractivity contribution in [3.63, 3.8) is 0 Å². The molecule has 2 heterocycles. The lowest BCUT2D eigenvalue weighted by atomic mass is 10.1. The first kappa shape index (κ1) is 10.1. The molecule has 1 aromatic carbocycles. The number of nitrogens with one attached hydrogen (secondary N) is 1. The summed E-state index contributed by atoms with van der Waals surface area (Å²) in [5.41, 5.74) is 10.5. The quantitative estimate of drug-likeness (QED) is 0.668. The van der Waals surface area contributed by atoms with Gasteiger partial charge in [0.25, 0.3) is 0 Å². The van der Waals surface area contributed by atoms with Crippen LogP contribution in [0.5, 0.6) is 0 Å². The number of hydrogen-bond acceptors (Lipinski definition) is 2. The van der Waals surface area contributed by atoms with Gasteiger partial charge < -0.3 is 10.7 Å². The minimum Gasteiger partial charge on any atom is -0.384 e. The van der Waals surface area contributed by atoms with Crippen molar-refractivity contribution in [3.05, 3.63) is 35.5 Å². The molecule has 0 saturated heterocycles. The summed E-state index contributed by atoms with van der Waals surface area (Å²) >= 11 is 0. The maximum atomic E-state index is 5.86. The van der Waals surface area contributed by atoms with E-state index in [1.165, 1.54) is 21.9 Å². The third-order valence-electron chi connectivity index (χ3n) is 3.26. The Labute approximate surface area is 99.7 Å². The molecule has 0 aliphatic carbocycles. The van der Waals surface area contributed by atoms with Gasteiger partial charge in [0.05, 0.1) is 11.2 Å². The molecule has 17 heavy (non-hydrogen) atoms. The zero-order valence-corrected chi connectivity index (χ0v) is 10.0. The molecule has 3 N–H and O–H groups in total. The fourth-order valence-electron chi connectivity index (χ4n) is 2.41. The van der Waals surface area contributed by atoms with E-state index >= 15 is 0 Å². The lowest BCUT2D eigenvalue weighted by Crippen LogP contribution is -1.95. The second-order valence-corrected chi connectivity index (χ2v) is 4.39. The molecule has 0 aliphatic rings. The maximum absolute atomic E-state index is 5.86. The van der Waals surface area contributed by atoms with E-state index in [1.54, 1.807) is 0 Å². The fourth-order valence-corrected chi connectivity index (χ4v) is 2.41. The Hall–Kier alpha value is -2.03. The molecule has 0 aliphatic heterocycles. The number of H-pyrrole nitrogens is 1. The zero-order valence-electron chi connectivity index (χ0n) is 10.0. The van der Waals surface area contributed by atoms with Gasteiger partial charge in [0.2, 0.25) is 0 Å². The molecule has 3 rings (SSSR count). The number of anilines is 1. The Balaban J connectivity index is 2.55. The number of aromatic nitrogens is 2. The van der Waals surface area contributed by atoms with E-state index in [4.69, 9.17) is 5.73 Å². The smallest absolute Gasteiger partial charge is 0.124 e. The molecular weight excluding hydrogens is 210 g/mol. The molecular formula is C14H15N3. The fraction of sp³-hybridized carbons (Fsp3) is 0.214. The van der Waals surface area contributed by atoms with Crippen molar-refractivity contribution < 1.29 is 0 Å². The van der Waals surface area contributed by atoms with E-state index < -0.39 is 0 Å². The van der Waals surface area contributed by atoms with Crippen LogP contribution < -0.4 is 5.73 Å². The lowest BCUT2D eigenvalue weighted by Gasteiger charge is -2.00. The minimum absolute atomic E-state index is 0.594. The average Bonchev–Trinajstić information content (AvgIpc) is 2.68. The summed E-state index contributed by atoms with van der Waals surface area (Å²) < 4.78 is 0. The molecule has 0 spiro atoms. The summed E-state index contributed by atoms with van der Waals surface area (Å²) in [5, 5.41) is 2.40. The van der Waals surface area contributed by atoms with Gasteiger partial charge in [-0.3, -0.25) is 0 Å². The molecule has 2 aromatic heterocycles. The van der Waals surface area contributed by atoms with Gasteiger partial charge in [-0.25, -0.2) is 4.98 Å². The van der Waals surface area contributed by atoms with Crippen molar-refractivity contribution in [3.8, 4) is 0 Å². The van der Waals surface area contributed by atoms with Crippen molar-refractivity contribution in [2.24, 2.45) is 0 Å². The lowest BCUT2D eigenvalue weighted by molar-refractivity contribution is 1.06. The highest BCUT2D eigenvalue weighted by Gasteiger charge is 2.10. The van der Waals surface area contributed by atoms with Gasteiger partial charge in [-0.15, -0.1) is 0 Å². The van der Waals surface area contributed by atoms with Gasteiger partial charge in [-0.1, -0.05) is 25.1 Å². The van der Waals surface area contributed by atoms with Gasteiger partial charge in [0, 0.05) is 16.3 Å². The third kappa shape index (κ3) is 1.39. The number of para-hydroxylation sites is 1. The van der Waals surface area contributed by atoms with Gasteiger partial charge >= 0.3 is 0 Å². The van der Waals surface area contributed by atoms with Gasteiger partial charge in [-0.05, 0) is 25.0 Å². The van der Waals surface area contributed by atoms with E-state index in [0.717, 1.165) is 17.6 Å². The molecule has 0 bridgehead atoms. The van der Waals surface area contributed by atoms with E-state index in [9.17, 15) is 0 Å². The Morgan fingerprint density at radius 3 is 2.82 bits per heavy atom. The van der Waals surface area contributed by atoms with Crippen molar-refractivity contribution in [2.75, 3.05) is 5.73 Å². The molecule has 86 valence electrons. The number of aryl methyl sites for hydroxylation is 2. The SMILES string of the molecule is CCc1nc(N)cc2c1[nH]c1c(C)cccc12. The van der Waals surface area contributed by atoms with E-state index in [0.29, 0.717) is 5.82 Å². The topological polar surface area (TPSA) is 54.7 Å². The van der Waals surface area contributed by atoms with Gasteiger partial charge in [0.15, 0.2) is 0 Å². The molecule has 0 amide bonds. The molecule has 0 radical (unpaired) electrons. The summed E-state index contributed by atoms with van der Waals surface area (Å²) in [6.07, 6.45) is 0.882. The second kappa shape index (κ2) is 3.48. The minimum atomic E-state index is 0.594. The zero-order chi connectivity index (χ0) is 12.0. The van der Waals surface area contributed by atoms with Crippen LogP contribution in [0.4, 0.5) is 5.82 Å². The van der Waals surface area contributed by atoms with Crippen LogP contribution in [0.3, 0.4) is 0 Å². The highest BCUT2D eigenvalue weighted by Crippen LogP contribution is 2.30. The highest BCUT2D eigenvalue weighted by molar-refractivity contribution is 6.09. The largest absolute Gasteiger partial charge is 0.384 e. The predicted molar refractivity (Wildman–Crippen MR) is 72.1 cm³/mol. The first-order valence-corrected chi connectivity index (χ1v) is 5.87. The van der Waals surface area contributed by atoms with Gasteiger partial charge in [-0.2, -0.15) is 0 Å². The van der Waals surface area contributed by atoms with Crippen LogP contribution in [0, 0.1) is 6.92 Å². The van der Waals surface area contributed by atoms with Gasteiger partial charge in [0.1, 0.15) is 5.82 Å². The first-order valence-electron chi connectivity index (χ1n) is 5.87. The average molecular weight is 225 g/mol. The maximum Gasteiger partial charge on any atom is 0.124 e. The number of rotatable bonds is 1. The summed E-state index contributed by atoms with van der Waals surface area (Å²) in [6.45, 7) is 4.21. The molecule has 3 nitrogen and oxygen atoms in total. The highest BCUT2D eigenvalue weighted by atomic mass is 14.9. The van der Waals surface area contributed by atoms with Crippen LogP contribution in [0.1, 0.15) is 18.2 Å².